The lowest BCUT2D eigenvalue weighted by Gasteiger charge is -2.23. The highest BCUT2D eigenvalue weighted by Crippen LogP contribution is 2.30. The molecule has 1 aromatic rings. The summed E-state index contributed by atoms with van der Waals surface area (Å²) in [6.07, 6.45) is 4.16. The highest BCUT2D eigenvalue weighted by molar-refractivity contribution is 5.45. The first-order valence-electron chi connectivity index (χ1n) is 5.60. The van der Waals surface area contributed by atoms with Crippen LogP contribution in [-0.4, -0.2) is 48.4 Å². The van der Waals surface area contributed by atoms with Crippen molar-refractivity contribution >= 4 is 11.8 Å². The first kappa shape index (κ1) is 11.1. The lowest BCUT2D eigenvalue weighted by Crippen LogP contribution is -2.30. The number of aliphatic hydroxyl groups excluding tert-OH is 1. The van der Waals surface area contributed by atoms with Gasteiger partial charge in [0.15, 0.2) is 0 Å². The van der Waals surface area contributed by atoms with Gasteiger partial charge in [0.1, 0.15) is 5.82 Å². The zero-order chi connectivity index (χ0) is 11.5. The zero-order valence-corrected chi connectivity index (χ0v) is 9.80. The Labute approximate surface area is 95.7 Å². The number of anilines is 2. The maximum Gasteiger partial charge on any atom is 0.226 e. The molecule has 1 fully saturated rings. The maximum absolute atomic E-state index is 9.06. The van der Waals surface area contributed by atoms with Crippen molar-refractivity contribution in [1.29, 1.82) is 0 Å². The topological polar surface area (TPSA) is 52.5 Å². The Morgan fingerprint density at radius 1 is 1.44 bits per heavy atom. The first-order valence-corrected chi connectivity index (χ1v) is 5.60. The van der Waals surface area contributed by atoms with E-state index in [-0.39, 0.29) is 6.61 Å². The number of nitrogens with zero attached hydrogens (tertiary/aromatic N) is 4. The Morgan fingerprint density at radius 2 is 2.19 bits per heavy atom. The fourth-order valence-corrected chi connectivity index (χ4v) is 1.69. The van der Waals surface area contributed by atoms with Gasteiger partial charge in [-0.25, -0.2) is 4.98 Å². The second kappa shape index (κ2) is 4.65. The number of aromatic nitrogens is 2. The molecule has 1 N–H and O–H groups in total. The summed E-state index contributed by atoms with van der Waals surface area (Å²) in [5.74, 6) is 1.62. The van der Waals surface area contributed by atoms with E-state index in [0.29, 0.717) is 18.5 Å². The molecule has 1 saturated carbocycles. The number of aliphatic hydroxyl groups is 1. The van der Waals surface area contributed by atoms with Crippen LogP contribution < -0.4 is 9.80 Å². The monoisotopic (exact) mass is 222 g/mol. The number of rotatable bonds is 5. The van der Waals surface area contributed by atoms with Crippen molar-refractivity contribution in [2.75, 3.05) is 37.0 Å². The first-order chi connectivity index (χ1) is 7.72. The van der Waals surface area contributed by atoms with Crippen LogP contribution in [-0.2, 0) is 0 Å². The minimum absolute atomic E-state index is 0.164. The van der Waals surface area contributed by atoms with Crippen LogP contribution in [0.4, 0.5) is 11.8 Å². The molecule has 0 atom stereocenters. The van der Waals surface area contributed by atoms with Gasteiger partial charge in [0.2, 0.25) is 5.95 Å². The van der Waals surface area contributed by atoms with Gasteiger partial charge in [-0.2, -0.15) is 4.98 Å². The van der Waals surface area contributed by atoms with Gasteiger partial charge in [0, 0.05) is 32.9 Å². The van der Waals surface area contributed by atoms with Crippen molar-refractivity contribution < 1.29 is 5.11 Å². The average Bonchev–Trinajstić information content (AvgIpc) is 3.10. The molecule has 0 radical (unpaired) electrons. The van der Waals surface area contributed by atoms with Gasteiger partial charge < -0.3 is 14.9 Å². The molecule has 5 nitrogen and oxygen atoms in total. The van der Waals surface area contributed by atoms with Gasteiger partial charge in [0.25, 0.3) is 0 Å². The molecule has 0 amide bonds. The van der Waals surface area contributed by atoms with E-state index < -0.39 is 0 Å². The van der Waals surface area contributed by atoms with Gasteiger partial charge >= 0.3 is 0 Å². The van der Waals surface area contributed by atoms with E-state index >= 15 is 0 Å². The summed E-state index contributed by atoms with van der Waals surface area (Å²) >= 11 is 0. The van der Waals surface area contributed by atoms with Crippen LogP contribution in [0.5, 0.6) is 0 Å². The van der Waals surface area contributed by atoms with Crippen LogP contribution >= 0.6 is 0 Å². The second-order valence-electron chi connectivity index (χ2n) is 4.26. The summed E-state index contributed by atoms with van der Waals surface area (Å²) in [4.78, 5) is 12.7. The molecule has 0 unspecified atom stereocenters. The maximum atomic E-state index is 9.06. The van der Waals surface area contributed by atoms with Gasteiger partial charge in [0.05, 0.1) is 6.61 Å². The quantitative estimate of drug-likeness (QED) is 0.786. The average molecular weight is 222 g/mol. The zero-order valence-electron chi connectivity index (χ0n) is 9.80. The fourth-order valence-electron chi connectivity index (χ4n) is 1.69. The van der Waals surface area contributed by atoms with Crippen LogP contribution in [0.2, 0.25) is 0 Å². The third-order valence-corrected chi connectivity index (χ3v) is 2.65. The van der Waals surface area contributed by atoms with Crippen molar-refractivity contribution in [2.45, 2.75) is 18.9 Å². The van der Waals surface area contributed by atoms with Crippen LogP contribution in [0, 0.1) is 0 Å². The largest absolute Gasteiger partial charge is 0.395 e. The van der Waals surface area contributed by atoms with E-state index in [2.05, 4.69) is 14.9 Å². The third kappa shape index (κ3) is 2.41. The minimum Gasteiger partial charge on any atom is -0.395 e. The minimum atomic E-state index is 0.164. The third-order valence-electron chi connectivity index (χ3n) is 2.65. The van der Waals surface area contributed by atoms with Crippen LogP contribution in [0.25, 0.3) is 0 Å². The lowest BCUT2D eigenvalue weighted by atomic mass is 10.4. The Hall–Kier alpha value is -1.36. The van der Waals surface area contributed by atoms with E-state index in [1.165, 1.54) is 12.8 Å². The van der Waals surface area contributed by atoms with E-state index in [9.17, 15) is 0 Å². The van der Waals surface area contributed by atoms with Crippen LogP contribution in [0.3, 0.4) is 0 Å². The van der Waals surface area contributed by atoms with E-state index in [4.69, 9.17) is 5.11 Å². The second-order valence-corrected chi connectivity index (χ2v) is 4.26. The molecular formula is C11H18N4O. The van der Waals surface area contributed by atoms with Gasteiger partial charge in [-0.3, -0.25) is 0 Å². The molecule has 0 aliphatic heterocycles. The molecule has 16 heavy (non-hydrogen) atoms. The van der Waals surface area contributed by atoms with Crippen molar-refractivity contribution in [1.82, 2.24) is 9.97 Å². The Kier molecular flexibility index (Phi) is 3.24. The van der Waals surface area contributed by atoms with Crippen molar-refractivity contribution in [3.8, 4) is 0 Å². The Bertz CT molecular complexity index is 352. The van der Waals surface area contributed by atoms with Crippen molar-refractivity contribution in [3.05, 3.63) is 12.3 Å². The van der Waals surface area contributed by atoms with Crippen molar-refractivity contribution in [3.63, 3.8) is 0 Å². The molecule has 88 valence electrons. The molecule has 0 spiro atoms. The van der Waals surface area contributed by atoms with Crippen molar-refractivity contribution in [2.24, 2.45) is 0 Å². The predicted molar refractivity (Wildman–Crippen MR) is 63.8 cm³/mol. The smallest absolute Gasteiger partial charge is 0.226 e. The van der Waals surface area contributed by atoms with Gasteiger partial charge in [-0.15, -0.1) is 0 Å². The fraction of sp³-hybridized carbons (Fsp3) is 0.636. The van der Waals surface area contributed by atoms with E-state index in [1.54, 1.807) is 6.20 Å². The molecular weight excluding hydrogens is 204 g/mol. The summed E-state index contributed by atoms with van der Waals surface area (Å²) in [6.45, 7) is 0.812. The molecule has 1 aromatic heterocycles. The molecule has 1 aliphatic rings. The highest BCUT2D eigenvalue weighted by Gasteiger charge is 2.29. The van der Waals surface area contributed by atoms with E-state index in [1.807, 2.05) is 25.1 Å². The molecule has 1 heterocycles. The van der Waals surface area contributed by atoms with Crippen LogP contribution in [0.1, 0.15) is 12.8 Å². The molecule has 2 rings (SSSR count). The summed E-state index contributed by atoms with van der Waals surface area (Å²) in [7, 11) is 3.85. The van der Waals surface area contributed by atoms with Crippen LogP contribution in [0.15, 0.2) is 12.3 Å². The summed E-state index contributed by atoms with van der Waals surface area (Å²) in [5.41, 5.74) is 0. The summed E-state index contributed by atoms with van der Waals surface area (Å²) in [5, 5.41) is 9.06. The standard InChI is InChI=1S/C11H18N4O/c1-14(2)11-12-6-5-10(13-11)15(7-8-16)9-3-4-9/h5-6,9,16H,3-4,7-8H2,1-2H3. The molecule has 1 aliphatic carbocycles. The lowest BCUT2D eigenvalue weighted by molar-refractivity contribution is 0.301. The molecule has 0 aromatic carbocycles. The number of hydrogen-bond acceptors (Lipinski definition) is 5. The SMILES string of the molecule is CN(C)c1nccc(N(CCO)C2CC2)n1. The van der Waals surface area contributed by atoms with Gasteiger partial charge in [-0.1, -0.05) is 0 Å². The number of hydrogen-bond donors (Lipinski definition) is 1. The summed E-state index contributed by atoms with van der Waals surface area (Å²) in [6, 6.07) is 2.46. The molecule has 0 bridgehead atoms. The molecule has 0 saturated heterocycles. The van der Waals surface area contributed by atoms with Gasteiger partial charge in [-0.05, 0) is 18.9 Å². The normalized spacial score (nSPS) is 14.9. The predicted octanol–water partition coefficient (Wildman–Crippen LogP) is 0.504. The highest BCUT2D eigenvalue weighted by atomic mass is 16.3. The molecule has 5 heteroatoms. The van der Waals surface area contributed by atoms with E-state index in [0.717, 1.165) is 5.82 Å². The summed E-state index contributed by atoms with van der Waals surface area (Å²) < 4.78 is 0. The Balaban J connectivity index is 2.19. The Morgan fingerprint density at radius 3 is 2.75 bits per heavy atom.